The molecule has 108 valence electrons. The van der Waals surface area contributed by atoms with E-state index in [2.05, 4.69) is 5.32 Å². The Labute approximate surface area is 119 Å². The SMILES string of the molecule is CNC(=O)c1cc(O)ccc1B1OC(C)(C)C(C)(C)O1. The van der Waals surface area contributed by atoms with Crippen LogP contribution < -0.4 is 10.8 Å². The zero-order valence-corrected chi connectivity index (χ0v) is 12.5. The van der Waals surface area contributed by atoms with Crippen molar-refractivity contribution in [2.75, 3.05) is 7.05 Å². The number of hydrogen-bond acceptors (Lipinski definition) is 4. The molecule has 2 rings (SSSR count). The number of carbonyl (C=O) groups is 1. The molecule has 1 saturated heterocycles. The molecule has 0 spiro atoms. The van der Waals surface area contributed by atoms with Gasteiger partial charge in [0.25, 0.3) is 5.91 Å². The first-order valence-electron chi connectivity index (χ1n) is 6.58. The molecular weight excluding hydrogens is 257 g/mol. The van der Waals surface area contributed by atoms with Gasteiger partial charge in [-0.05, 0) is 45.3 Å². The van der Waals surface area contributed by atoms with Crippen molar-refractivity contribution in [1.82, 2.24) is 5.32 Å². The number of rotatable bonds is 2. The van der Waals surface area contributed by atoms with Gasteiger partial charge in [0.2, 0.25) is 0 Å². The Kier molecular flexibility index (Phi) is 3.56. The molecule has 0 unspecified atom stereocenters. The van der Waals surface area contributed by atoms with Crippen molar-refractivity contribution < 1.29 is 19.2 Å². The molecule has 0 aromatic heterocycles. The summed E-state index contributed by atoms with van der Waals surface area (Å²) in [6.45, 7) is 7.81. The van der Waals surface area contributed by atoms with E-state index >= 15 is 0 Å². The lowest BCUT2D eigenvalue weighted by Gasteiger charge is -2.32. The van der Waals surface area contributed by atoms with Crippen LogP contribution in [0.3, 0.4) is 0 Å². The topological polar surface area (TPSA) is 67.8 Å². The highest BCUT2D eigenvalue weighted by Crippen LogP contribution is 2.36. The maximum absolute atomic E-state index is 11.9. The van der Waals surface area contributed by atoms with Crippen LogP contribution in [0.2, 0.25) is 0 Å². The number of nitrogens with one attached hydrogen (secondary N) is 1. The Morgan fingerprint density at radius 1 is 1.20 bits per heavy atom. The van der Waals surface area contributed by atoms with Crippen LogP contribution in [0.25, 0.3) is 0 Å². The fraction of sp³-hybridized carbons (Fsp3) is 0.500. The molecule has 0 atom stereocenters. The van der Waals surface area contributed by atoms with Gasteiger partial charge in [-0.2, -0.15) is 0 Å². The van der Waals surface area contributed by atoms with Gasteiger partial charge < -0.3 is 19.7 Å². The van der Waals surface area contributed by atoms with Gasteiger partial charge in [0.05, 0.1) is 11.2 Å². The molecule has 5 nitrogen and oxygen atoms in total. The van der Waals surface area contributed by atoms with E-state index in [1.54, 1.807) is 13.1 Å². The highest BCUT2D eigenvalue weighted by Gasteiger charge is 2.52. The maximum atomic E-state index is 11.9. The van der Waals surface area contributed by atoms with Gasteiger partial charge in [-0.15, -0.1) is 0 Å². The van der Waals surface area contributed by atoms with Crippen LogP contribution >= 0.6 is 0 Å². The van der Waals surface area contributed by atoms with Gasteiger partial charge in [-0.1, -0.05) is 6.07 Å². The fourth-order valence-corrected chi connectivity index (χ4v) is 2.05. The molecule has 20 heavy (non-hydrogen) atoms. The van der Waals surface area contributed by atoms with Crippen molar-refractivity contribution in [3.05, 3.63) is 23.8 Å². The second-order valence-electron chi connectivity index (χ2n) is 5.94. The second-order valence-corrected chi connectivity index (χ2v) is 5.94. The van der Waals surface area contributed by atoms with E-state index in [0.717, 1.165) is 0 Å². The summed E-state index contributed by atoms with van der Waals surface area (Å²) in [6, 6.07) is 4.59. The molecule has 1 aliphatic rings. The molecule has 0 saturated carbocycles. The van der Waals surface area contributed by atoms with Crippen LogP contribution in [0.15, 0.2) is 18.2 Å². The molecule has 1 heterocycles. The molecule has 2 N–H and O–H groups in total. The summed E-state index contributed by atoms with van der Waals surface area (Å²) in [6.07, 6.45) is 0. The Hall–Kier alpha value is -1.53. The van der Waals surface area contributed by atoms with Gasteiger partial charge in [0.15, 0.2) is 0 Å². The number of phenolic OH excluding ortho intramolecular Hbond substituents is 1. The summed E-state index contributed by atoms with van der Waals surface area (Å²) in [5.74, 6) is -0.255. The van der Waals surface area contributed by atoms with Crippen molar-refractivity contribution in [1.29, 1.82) is 0 Å². The van der Waals surface area contributed by atoms with E-state index in [-0.39, 0.29) is 11.7 Å². The largest absolute Gasteiger partial charge is 0.508 e. The van der Waals surface area contributed by atoms with Gasteiger partial charge >= 0.3 is 7.12 Å². The Morgan fingerprint density at radius 2 is 1.75 bits per heavy atom. The van der Waals surface area contributed by atoms with Gasteiger partial charge in [-0.3, -0.25) is 4.79 Å². The zero-order chi connectivity index (χ0) is 15.1. The van der Waals surface area contributed by atoms with Crippen LogP contribution in [0.5, 0.6) is 5.75 Å². The van der Waals surface area contributed by atoms with Crippen molar-refractivity contribution in [2.24, 2.45) is 0 Å². The van der Waals surface area contributed by atoms with E-state index in [9.17, 15) is 9.90 Å². The highest BCUT2D eigenvalue weighted by atomic mass is 16.7. The Bertz CT molecular complexity index is 526. The van der Waals surface area contributed by atoms with Crippen LogP contribution in [0, 0.1) is 0 Å². The Morgan fingerprint density at radius 3 is 2.25 bits per heavy atom. The van der Waals surface area contributed by atoms with Crippen LogP contribution in [-0.2, 0) is 9.31 Å². The molecule has 6 heteroatoms. The van der Waals surface area contributed by atoms with E-state index in [1.807, 2.05) is 27.7 Å². The first-order valence-corrected chi connectivity index (χ1v) is 6.58. The van der Waals surface area contributed by atoms with Crippen molar-refractivity contribution >= 4 is 18.5 Å². The van der Waals surface area contributed by atoms with Gasteiger partial charge in [-0.25, -0.2) is 0 Å². The third-order valence-electron chi connectivity index (χ3n) is 4.02. The molecule has 1 aromatic rings. The van der Waals surface area contributed by atoms with Crippen LogP contribution in [-0.4, -0.2) is 36.4 Å². The quantitative estimate of drug-likeness (QED) is 0.793. The van der Waals surface area contributed by atoms with Crippen molar-refractivity contribution in [2.45, 2.75) is 38.9 Å². The molecule has 0 radical (unpaired) electrons. The summed E-state index contributed by atoms with van der Waals surface area (Å²) in [7, 11) is 0.910. The average Bonchev–Trinajstić information content (AvgIpc) is 2.57. The van der Waals surface area contributed by atoms with E-state index in [4.69, 9.17) is 9.31 Å². The van der Waals surface area contributed by atoms with Crippen molar-refractivity contribution in [3.63, 3.8) is 0 Å². The number of aromatic hydroxyl groups is 1. The zero-order valence-electron chi connectivity index (χ0n) is 12.5. The minimum absolute atomic E-state index is 0.0314. The summed E-state index contributed by atoms with van der Waals surface area (Å²) in [4.78, 5) is 11.9. The summed E-state index contributed by atoms with van der Waals surface area (Å²) in [5, 5.41) is 12.1. The first-order chi connectivity index (χ1) is 9.18. The summed E-state index contributed by atoms with van der Waals surface area (Å²) < 4.78 is 11.9. The molecular formula is C14H20BNO4. The third-order valence-corrected chi connectivity index (χ3v) is 4.02. The lowest BCUT2D eigenvalue weighted by atomic mass is 9.75. The number of amides is 1. The molecule has 1 fully saturated rings. The van der Waals surface area contributed by atoms with Gasteiger partial charge in [0, 0.05) is 12.6 Å². The molecule has 1 aromatic carbocycles. The second kappa shape index (κ2) is 4.79. The smallest absolute Gasteiger partial charge is 0.495 e. The standard InChI is InChI=1S/C14H20BNO4/c1-13(2)14(3,4)20-15(19-13)11-7-6-9(17)8-10(11)12(18)16-5/h6-8,17H,1-5H3,(H,16,18). The van der Waals surface area contributed by atoms with Crippen LogP contribution in [0.4, 0.5) is 0 Å². The van der Waals surface area contributed by atoms with Crippen molar-refractivity contribution in [3.8, 4) is 5.75 Å². The predicted molar refractivity (Wildman–Crippen MR) is 77.2 cm³/mol. The first kappa shape index (κ1) is 14.9. The summed E-state index contributed by atoms with van der Waals surface area (Å²) >= 11 is 0. The van der Waals surface area contributed by atoms with Gasteiger partial charge in [0.1, 0.15) is 5.75 Å². The number of hydrogen-bond donors (Lipinski definition) is 2. The lowest BCUT2D eigenvalue weighted by molar-refractivity contribution is 0.00578. The monoisotopic (exact) mass is 277 g/mol. The van der Waals surface area contributed by atoms with Crippen LogP contribution in [0.1, 0.15) is 38.1 Å². The summed E-state index contributed by atoms with van der Waals surface area (Å²) in [5.41, 5.74) is 0.0113. The Balaban J connectivity index is 2.42. The molecule has 1 amide bonds. The fourth-order valence-electron chi connectivity index (χ4n) is 2.05. The predicted octanol–water partition coefficient (Wildman–Crippen LogP) is 1.05. The maximum Gasteiger partial charge on any atom is 0.495 e. The molecule has 0 aliphatic carbocycles. The number of benzene rings is 1. The highest BCUT2D eigenvalue weighted by molar-refractivity contribution is 6.63. The minimum atomic E-state index is -0.632. The van der Waals surface area contributed by atoms with E-state index in [0.29, 0.717) is 11.0 Å². The lowest BCUT2D eigenvalue weighted by Crippen LogP contribution is -2.41. The molecule has 1 aliphatic heterocycles. The minimum Gasteiger partial charge on any atom is -0.508 e. The third kappa shape index (κ3) is 2.41. The normalized spacial score (nSPS) is 19.9. The van der Waals surface area contributed by atoms with E-state index in [1.165, 1.54) is 12.1 Å². The number of carbonyl (C=O) groups excluding carboxylic acids is 1. The molecule has 0 bridgehead atoms. The number of phenols is 1. The van der Waals surface area contributed by atoms with E-state index < -0.39 is 18.3 Å². The average molecular weight is 277 g/mol.